The van der Waals surface area contributed by atoms with Gasteiger partial charge in [0.2, 0.25) is 0 Å². The first kappa shape index (κ1) is 11.6. The molecule has 0 spiro atoms. The number of hydrogen-bond acceptors (Lipinski definition) is 6. The standard InChI is InChI=1S/C12H15N5S/c1-9-14-12(17-6-4-13-5-7-17)11(16-15-9)10-3-2-8-18-10/h2-3,8,13H,4-7H2,1H3. The van der Waals surface area contributed by atoms with Crippen LogP contribution < -0.4 is 10.2 Å². The minimum atomic E-state index is 0.726. The van der Waals surface area contributed by atoms with Crippen LogP contribution in [-0.2, 0) is 0 Å². The van der Waals surface area contributed by atoms with Gasteiger partial charge in [0, 0.05) is 26.2 Å². The largest absolute Gasteiger partial charge is 0.352 e. The average Bonchev–Trinajstić information content (AvgIpc) is 2.93. The molecule has 1 saturated heterocycles. The van der Waals surface area contributed by atoms with E-state index in [9.17, 15) is 0 Å². The Bertz CT molecular complexity index is 519. The van der Waals surface area contributed by atoms with E-state index in [1.54, 1.807) is 11.3 Å². The van der Waals surface area contributed by atoms with Crippen molar-refractivity contribution in [2.24, 2.45) is 0 Å². The number of nitrogens with one attached hydrogen (secondary N) is 1. The minimum Gasteiger partial charge on any atom is -0.352 e. The van der Waals surface area contributed by atoms with Crippen molar-refractivity contribution in [3.05, 3.63) is 23.3 Å². The van der Waals surface area contributed by atoms with Crippen LogP contribution in [0.4, 0.5) is 5.82 Å². The van der Waals surface area contributed by atoms with Gasteiger partial charge in [-0.3, -0.25) is 0 Å². The van der Waals surface area contributed by atoms with Gasteiger partial charge in [-0.25, -0.2) is 4.98 Å². The molecule has 6 heteroatoms. The Kier molecular flexibility index (Phi) is 3.21. The third kappa shape index (κ3) is 2.21. The van der Waals surface area contributed by atoms with Gasteiger partial charge >= 0.3 is 0 Å². The summed E-state index contributed by atoms with van der Waals surface area (Å²) in [5, 5.41) is 13.8. The van der Waals surface area contributed by atoms with Crippen molar-refractivity contribution in [1.82, 2.24) is 20.5 Å². The van der Waals surface area contributed by atoms with E-state index in [1.807, 2.05) is 13.0 Å². The molecule has 1 N–H and O–H groups in total. The topological polar surface area (TPSA) is 53.9 Å². The monoisotopic (exact) mass is 261 g/mol. The van der Waals surface area contributed by atoms with E-state index < -0.39 is 0 Å². The number of aryl methyl sites for hydroxylation is 1. The predicted molar refractivity (Wildman–Crippen MR) is 73.0 cm³/mol. The third-order valence-electron chi connectivity index (χ3n) is 2.95. The number of rotatable bonds is 2. The summed E-state index contributed by atoms with van der Waals surface area (Å²) in [7, 11) is 0. The van der Waals surface area contributed by atoms with Crippen molar-refractivity contribution in [2.45, 2.75) is 6.92 Å². The summed E-state index contributed by atoms with van der Waals surface area (Å²) in [4.78, 5) is 8.00. The quantitative estimate of drug-likeness (QED) is 0.883. The third-order valence-corrected chi connectivity index (χ3v) is 3.82. The van der Waals surface area contributed by atoms with Crippen LogP contribution in [0.15, 0.2) is 17.5 Å². The lowest BCUT2D eigenvalue weighted by molar-refractivity contribution is 0.583. The van der Waals surface area contributed by atoms with E-state index in [2.05, 4.69) is 36.8 Å². The summed E-state index contributed by atoms with van der Waals surface area (Å²) in [5.41, 5.74) is 0.900. The van der Waals surface area contributed by atoms with E-state index in [4.69, 9.17) is 0 Å². The highest BCUT2D eigenvalue weighted by Crippen LogP contribution is 2.30. The number of nitrogens with zero attached hydrogens (tertiary/aromatic N) is 4. The molecule has 2 aromatic heterocycles. The highest BCUT2D eigenvalue weighted by atomic mass is 32.1. The Labute approximate surface area is 110 Å². The smallest absolute Gasteiger partial charge is 0.160 e. The summed E-state index contributed by atoms with van der Waals surface area (Å²) in [5.74, 6) is 1.69. The van der Waals surface area contributed by atoms with Crippen LogP contribution >= 0.6 is 11.3 Å². The molecule has 18 heavy (non-hydrogen) atoms. The van der Waals surface area contributed by atoms with Gasteiger partial charge in [-0.05, 0) is 18.4 Å². The van der Waals surface area contributed by atoms with Gasteiger partial charge < -0.3 is 10.2 Å². The molecule has 0 bridgehead atoms. The molecule has 1 aliphatic rings. The molecule has 1 aliphatic heterocycles. The number of hydrogen-bond donors (Lipinski definition) is 1. The van der Waals surface area contributed by atoms with Gasteiger partial charge in [0.15, 0.2) is 5.82 Å². The van der Waals surface area contributed by atoms with Crippen molar-refractivity contribution in [1.29, 1.82) is 0 Å². The molecule has 3 heterocycles. The predicted octanol–water partition coefficient (Wildman–Crippen LogP) is 1.32. The zero-order chi connectivity index (χ0) is 12.4. The maximum atomic E-state index is 4.58. The molecule has 0 saturated carbocycles. The SMILES string of the molecule is Cc1nnc(-c2cccs2)c(N2CCNCC2)n1. The summed E-state index contributed by atoms with van der Waals surface area (Å²) in [6.07, 6.45) is 0. The normalized spacial score (nSPS) is 15.9. The Morgan fingerprint density at radius 1 is 1.28 bits per heavy atom. The molecule has 0 amide bonds. The lowest BCUT2D eigenvalue weighted by Crippen LogP contribution is -2.44. The minimum absolute atomic E-state index is 0.726. The summed E-state index contributed by atoms with van der Waals surface area (Å²) < 4.78 is 0. The van der Waals surface area contributed by atoms with Gasteiger partial charge in [0.25, 0.3) is 0 Å². The molecule has 0 radical (unpaired) electrons. The Morgan fingerprint density at radius 2 is 2.11 bits per heavy atom. The zero-order valence-electron chi connectivity index (χ0n) is 10.3. The number of piperazine rings is 1. The van der Waals surface area contributed by atoms with E-state index >= 15 is 0 Å². The number of aromatic nitrogens is 3. The van der Waals surface area contributed by atoms with Gasteiger partial charge in [-0.2, -0.15) is 0 Å². The number of thiophene rings is 1. The van der Waals surface area contributed by atoms with Crippen LogP contribution in [0.25, 0.3) is 10.6 Å². The second-order valence-corrected chi connectivity index (χ2v) is 5.19. The fourth-order valence-corrected chi connectivity index (χ4v) is 2.77. The fourth-order valence-electron chi connectivity index (χ4n) is 2.07. The Hall–Kier alpha value is -1.53. The fraction of sp³-hybridized carbons (Fsp3) is 0.417. The highest BCUT2D eigenvalue weighted by molar-refractivity contribution is 7.13. The first-order chi connectivity index (χ1) is 8.84. The molecule has 0 aliphatic carbocycles. The zero-order valence-corrected chi connectivity index (χ0v) is 11.1. The van der Waals surface area contributed by atoms with Gasteiger partial charge in [0.05, 0.1) is 4.88 Å². The van der Waals surface area contributed by atoms with Crippen LogP contribution in [0.5, 0.6) is 0 Å². The molecule has 0 unspecified atom stereocenters. The maximum absolute atomic E-state index is 4.58. The molecule has 5 nitrogen and oxygen atoms in total. The van der Waals surface area contributed by atoms with Gasteiger partial charge in [-0.1, -0.05) is 6.07 Å². The lowest BCUT2D eigenvalue weighted by atomic mass is 10.3. The van der Waals surface area contributed by atoms with Gasteiger partial charge in [0.1, 0.15) is 11.5 Å². The van der Waals surface area contributed by atoms with E-state index in [1.165, 1.54) is 0 Å². The molecular weight excluding hydrogens is 246 g/mol. The lowest BCUT2D eigenvalue weighted by Gasteiger charge is -2.29. The van der Waals surface area contributed by atoms with Crippen molar-refractivity contribution < 1.29 is 0 Å². The second-order valence-electron chi connectivity index (χ2n) is 4.25. The van der Waals surface area contributed by atoms with E-state index in [0.717, 1.165) is 48.4 Å². The molecule has 94 valence electrons. The van der Waals surface area contributed by atoms with Crippen LogP contribution in [0.2, 0.25) is 0 Å². The second kappa shape index (κ2) is 4.99. The molecule has 3 rings (SSSR count). The number of anilines is 1. The molecule has 1 fully saturated rings. The van der Waals surface area contributed by atoms with Gasteiger partial charge in [-0.15, -0.1) is 21.5 Å². The first-order valence-electron chi connectivity index (χ1n) is 6.05. The molecule has 0 aromatic carbocycles. The molecular formula is C12H15N5S. The molecule has 2 aromatic rings. The van der Waals surface area contributed by atoms with Crippen molar-refractivity contribution in [3.63, 3.8) is 0 Å². The van der Waals surface area contributed by atoms with Crippen LogP contribution in [0, 0.1) is 6.92 Å². The van der Waals surface area contributed by atoms with Crippen molar-refractivity contribution in [2.75, 3.05) is 31.1 Å². The average molecular weight is 261 g/mol. The summed E-state index contributed by atoms with van der Waals surface area (Å²) in [6, 6.07) is 4.10. The van der Waals surface area contributed by atoms with Crippen LogP contribution in [0.1, 0.15) is 5.82 Å². The Balaban J connectivity index is 2.03. The molecule has 0 atom stereocenters. The van der Waals surface area contributed by atoms with Crippen LogP contribution in [0.3, 0.4) is 0 Å². The first-order valence-corrected chi connectivity index (χ1v) is 6.93. The van der Waals surface area contributed by atoms with E-state index in [-0.39, 0.29) is 0 Å². The van der Waals surface area contributed by atoms with Crippen molar-refractivity contribution >= 4 is 17.2 Å². The van der Waals surface area contributed by atoms with E-state index in [0.29, 0.717) is 0 Å². The highest BCUT2D eigenvalue weighted by Gasteiger charge is 2.19. The Morgan fingerprint density at radius 3 is 2.83 bits per heavy atom. The summed E-state index contributed by atoms with van der Waals surface area (Å²) >= 11 is 1.68. The summed E-state index contributed by atoms with van der Waals surface area (Å²) in [6.45, 7) is 5.81. The maximum Gasteiger partial charge on any atom is 0.160 e. The van der Waals surface area contributed by atoms with Crippen molar-refractivity contribution in [3.8, 4) is 10.6 Å². The van der Waals surface area contributed by atoms with Crippen LogP contribution in [-0.4, -0.2) is 41.4 Å².